The maximum atomic E-state index is 14.4. The summed E-state index contributed by atoms with van der Waals surface area (Å²) in [4.78, 5) is 36.5. The van der Waals surface area contributed by atoms with Crippen LogP contribution < -0.4 is 10.1 Å². The van der Waals surface area contributed by atoms with Crippen LogP contribution in [0, 0.1) is 34.6 Å². The van der Waals surface area contributed by atoms with Crippen molar-refractivity contribution in [3.8, 4) is 5.75 Å². The van der Waals surface area contributed by atoms with Crippen LogP contribution in [0.15, 0.2) is 0 Å². The zero-order valence-corrected chi connectivity index (χ0v) is 18.5. The summed E-state index contributed by atoms with van der Waals surface area (Å²) in [5, 5.41) is 2.03. The predicted octanol–water partition coefficient (Wildman–Crippen LogP) is 4.29. The van der Waals surface area contributed by atoms with Gasteiger partial charge in [-0.1, -0.05) is 20.8 Å². The van der Waals surface area contributed by atoms with E-state index in [4.69, 9.17) is 4.74 Å². The highest BCUT2D eigenvalue weighted by atomic mass is 19.2. The zero-order valence-electron chi connectivity index (χ0n) is 18.5. The lowest BCUT2D eigenvalue weighted by atomic mass is 9.78. The first-order chi connectivity index (χ1) is 14.0. The molecule has 31 heavy (non-hydrogen) atoms. The number of rotatable bonds is 6. The van der Waals surface area contributed by atoms with E-state index >= 15 is 0 Å². The summed E-state index contributed by atoms with van der Waals surface area (Å²) in [5.41, 5.74) is -3.25. The second kappa shape index (κ2) is 9.65. The average Bonchev–Trinajstić information content (AvgIpc) is 2.59. The summed E-state index contributed by atoms with van der Waals surface area (Å²) < 4.78 is 67.1. The topological polar surface area (TPSA) is 81.7 Å². The van der Waals surface area contributed by atoms with Crippen molar-refractivity contribution in [3.63, 3.8) is 0 Å². The molecule has 174 valence electrons. The number of esters is 2. The minimum absolute atomic E-state index is 0.0460. The van der Waals surface area contributed by atoms with Gasteiger partial charge in [-0.05, 0) is 33.1 Å². The molecule has 0 saturated carbocycles. The number of benzene rings is 1. The van der Waals surface area contributed by atoms with E-state index in [1.165, 1.54) is 6.92 Å². The molecular formula is C21H27F4NO5. The number of halogens is 4. The Bertz CT molecular complexity index is 843. The van der Waals surface area contributed by atoms with E-state index in [2.05, 4.69) is 4.74 Å². The van der Waals surface area contributed by atoms with Gasteiger partial charge >= 0.3 is 11.9 Å². The highest BCUT2D eigenvalue weighted by molar-refractivity contribution is 5.95. The van der Waals surface area contributed by atoms with Gasteiger partial charge in [0, 0.05) is 6.54 Å². The first kappa shape index (κ1) is 26.4. The van der Waals surface area contributed by atoms with Gasteiger partial charge in [-0.2, -0.15) is 8.78 Å². The Balaban J connectivity index is 3.31. The minimum Gasteiger partial charge on any atom is -0.460 e. The molecule has 1 aromatic rings. The Morgan fingerprint density at radius 3 is 1.77 bits per heavy atom. The summed E-state index contributed by atoms with van der Waals surface area (Å²) in [5.74, 6) is -14.4. The average molecular weight is 449 g/mol. The molecule has 1 aromatic carbocycles. The van der Waals surface area contributed by atoms with Crippen molar-refractivity contribution in [3.05, 3.63) is 28.8 Å². The molecule has 10 heteroatoms. The molecule has 1 rings (SSSR count). The zero-order chi connectivity index (χ0) is 24.3. The number of ether oxygens (including phenoxy) is 2. The second-order valence-corrected chi connectivity index (χ2v) is 8.95. The van der Waals surface area contributed by atoms with E-state index in [1.807, 2.05) is 5.32 Å². The fraction of sp³-hybridized carbons (Fsp3) is 0.571. The van der Waals surface area contributed by atoms with Crippen LogP contribution in [0.25, 0.3) is 0 Å². The number of hydrogen-bond acceptors (Lipinski definition) is 5. The molecule has 0 saturated heterocycles. The SMILES string of the molecule is CCNC(=O)c1c(F)c(F)c(OC(=O)[C@@H](CC(=O)OC(C)(C)C)C(C)(C)C)c(F)c1F. The summed E-state index contributed by atoms with van der Waals surface area (Å²) in [6.45, 7) is 10.9. The summed E-state index contributed by atoms with van der Waals surface area (Å²) in [7, 11) is 0. The van der Waals surface area contributed by atoms with Gasteiger partial charge in [0.15, 0.2) is 11.6 Å². The fourth-order valence-electron chi connectivity index (χ4n) is 2.61. The van der Waals surface area contributed by atoms with Crippen molar-refractivity contribution in [1.29, 1.82) is 0 Å². The third kappa shape index (κ3) is 6.67. The molecule has 0 unspecified atom stereocenters. The molecule has 0 aliphatic carbocycles. The maximum Gasteiger partial charge on any atom is 0.315 e. The number of carbonyl (C=O) groups is 3. The second-order valence-electron chi connectivity index (χ2n) is 8.95. The molecule has 0 aliphatic rings. The van der Waals surface area contributed by atoms with E-state index in [9.17, 15) is 31.9 Å². The van der Waals surface area contributed by atoms with Crippen LogP contribution in [-0.2, 0) is 14.3 Å². The Kier molecular flexibility index (Phi) is 8.22. The number of amides is 1. The Morgan fingerprint density at radius 2 is 1.39 bits per heavy atom. The van der Waals surface area contributed by atoms with Crippen LogP contribution in [0.5, 0.6) is 5.75 Å². The quantitative estimate of drug-likeness (QED) is 0.303. The predicted molar refractivity (Wildman–Crippen MR) is 103 cm³/mol. The van der Waals surface area contributed by atoms with Crippen LogP contribution >= 0.6 is 0 Å². The van der Waals surface area contributed by atoms with Gasteiger partial charge in [0.1, 0.15) is 11.2 Å². The first-order valence-electron chi connectivity index (χ1n) is 9.58. The number of hydrogen-bond donors (Lipinski definition) is 1. The van der Waals surface area contributed by atoms with Gasteiger partial charge in [-0.15, -0.1) is 0 Å². The van der Waals surface area contributed by atoms with E-state index < -0.39 is 75.8 Å². The standard InChI is InChI=1S/C21H27F4NO5/c1-8-26-18(28)12-13(22)15(24)17(16(25)14(12)23)30-19(29)10(20(2,3)4)9-11(27)31-21(5,6)7/h10H,8-9H2,1-7H3,(H,26,28)/t10-/m1/s1. The van der Waals surface area contributed by atoms with Crippen LogP contribution in [0.2, 0.25) is 0 Å². The van der Waals surface area contributed by atoms with Gasteiger partial charge in [0.25, 0.3) is 5.91 Å². The summed E-state index contributed by atoms with van der Waals surface area (Å²) in [6.07, 6.45) is -0.495. The number of nitrogens with one attached hydrogen (secondary N) is 1. The monoisotopic (exact) mass is 449 g/mol. The molecule has 0 aliphatic heterocycles. The molecular weight excluding hydrogens is 422 g/mol. The van der Waals surface area contributed by atoms with E-state index in [1.54, 1.807) is 41.5 Å². The van der Waals surface area contributed by atoms with Crippen LogP contribution in [0.1, 0.15) is 65.2 Å². The fourth-order valence-corrected chi connectivity index (χ4v) is 2.61. The Hall–Kier alpha value is -2.65. The molecule has 0 radical (unpaired) electrons. The van der Waals surface area contributed by atoms with Crippen molar-refractivity contribution >= 4 is 17.8 Å². The largest absolute Gasteiger partial charge is 0.460 e. The van der Waals surface area contributed by atoms with Gasteiger partial charge in [-0.3, -0.25) is 14.4 Å². The maximum absolute atomic E-state index is 14.4. The lowest BCUT2D eigenvalue weighted by Gasteiger charge is -2.29. The van der Waals surface area contributed by atoms with E-state index in [0.717, 1.165) is 0 Å². The van der Waals surface area contributed by atoms with Crippen molar-refractivity contribution in [2.75, 3.05) is 6.54 Å². The highest BCUT2D eigenvalue weighted by Crippen LogP contribution is 2.35. The van der Waals surface area contributed by atoms with Crippen molar-refractivity contribution in [2.24, 2.45) is 11.3 Å². The molecule has 0 fully saturated rings. The molecule has 0 heterocycles. The van der Waals surface area contributed by atoms with Crippen molar-refractivity contribution in [1.82, 2.24) is 5.32 Å². The molecule has 6 nitrogen and oxygen atoms in total. The molecule has 1 N–H and O–H groups in total. The van der Waals surface area contributed by atoms with Crippen LogP contribution in [0.4, 0.5) is 17.6 Å². The Labute approximate surface area is 178 Å². The summed E-state index contributed by atoms with van der Waals surface area (Å²) >= 11 is 0. The van der Waals surface area contributed by atoms with Crippen LogP contribution in [0.3, 0.4) is 0 Å². The highest BCUT2D eigenvalue weighted by Gasteiger charge is 2.38. The van der Waals surface area contributed by atoms with Crippen molar-refractivity contribution < 1.29 is 41.4 Å². The minimum atomic E-state index is -2.04. The molecule has 0 spiro atoms. The third-order valence-corrected chi connectivity index (χ3v) is 4.11. The lowest BCUT2D eigenvalue weighted by molar-refractivity contribution is -0.161. The Morgan fingerprint density at radius 1 is 0.903 bits per heavy atom. The molecule has 1 atom stereocenters. The molecule has 0 aromatic heterocycles. The van der Waals surface area contributed by atoms with E-state index in [0.29, 0.717) is 0 Å². The van der Waals surface area contributed by atoms with Gasteiger partial charge in [0.05, 0.1) is 12.3 Å². The molecule has 0 bridgehead atoms. The van der Waals surface area contributed by atoms with E-state index in [-0.39, 0.29) is 6.54 Å². The normalized spacial score (nSPS) is 12.9. The number of carbonyl (C=O) groups excluding carboxylic acids is 3. The van der Waals surface area contributed by atoms with Gasteiger partial charge in [0.2, 0.25) is 17.4 Å². The van der Waals surface area contributed by atoms with Gasteiger partial charge < -0.3 is 14.8 Å². The summed E-state index contributed by atoms with van der Waals surface area (Å²) in [6, 6.07) is 0. The third-order valence-electron chi connectivity index (χ3n) is 4.11. The smallest absolute Gasteiger partial charge is 0.315 e. The van der Waals surface area contributed by atoms with Gasteiger partial charge in [-0.25, -0.2) is 8.78 Å². The lowest BCUT2D eigenvalue weighted by Crippen LogP contribution is -2.36. The van der Waals surface area contributed by atoms with Crippen LogP contribution in [-0.4, -0.2) is 30.0 Å². The molecule has 1 amide bonds. The first-order valence-corrected chi connectivity index (χ1v) is 9.58. The van der Waals surface area contributed by atoms with Crippen molar-refractivity contribution in [2.45, 2.75) is 60.5 Å².